The van der Waals surface area contributed by atoms with E-state index in [0.717, 1.165) is 35.5 Å². The van der Waals surface area contributed by atoms with Crippen LogP contribution in [0.2, 0.25) is 0 Å². The first-order valence-corrected chi connectivity index (χ1v) is 4.59. The van der Waals surface area contributed by atoms with E-state index in [1.165, 1.54) is 0 Å². The molecule has 0 saturated heterocycles. The molecule has 0 amide bonds. The van der Waals surface area contributed by atoms with Gasteiger partial charge in [0.15, 0.2) is 0 Å². The Morgan fingerprint density at radius 2 is 1.30 bits per heavy atom. The van der Waals surface area contributed by atoms with Gasteiger partial charge in [0.2, 0.25) is 0 Å². The molecule has 0 aromatic rings. The summed E-state index contributed by atoms with van der Waals surface area (Å²) >= 11 is 6.39. The number of alkyl halides is 1. The van der Waals surface area contributed by atoms with Gasteiger partial charge in [-0.05, 0) is 35.5 Å². The minimum absolute atomic E-state index is 0.334. The molecule has 0 aliphatic heterocycles. The Labute approximate surface area is 63.9 Å². The van der Waals surface area contributed by atoms with Gasteiger partial charge in [-0.15, -0.1) is 11.6 Å². The van der Waals surface area contributed by atoms with Gasteiger partial charge in [0.05, 0.1) is 4.87 Å². The Hall–Kier alpha value is 0.250. The molecule has 6 fully saturated rings. The van der Waals surface area contributed by atoms with Crippen molar-refractivity contribution >= 4 is 11.6 Å². The smallest absolute Gasteiger partial charge is 0.0551 e. The van der Waals surface area contributed by atoms with Crippen molar-refractivity contribution in [2.24, 2.45) is 41.2 Å². The summed E-state index contributed by atoms with van der Waals surface area (Å²) in [6.45, 7) is 0. The van der Waals surface area contributed by atoms with E-state index < -0.39 is 0 Å². The van der Waals surface area contributed by atoms with Crippen LogP contribution in [0.4, 0.5) is 0 Å². The number of nitrogens with two attached hydrogens (primary N) is 1. The zero-order valence-corrected chi connectivity index (χ0v) is 6.18. The maximum absolute atomic E-state index is 6.39. The SMILES string of the molecule is NC12C3C4C1C1C2C3C41Cl. The first-order chi connectivity index (χ1) is 4.73. The molecule has 0 aromatic carbocycles. The Balaban J connectivity index is 1.87. The number of hydrogen-bond acceptors (Lipinski definition) is 1. The van der Waals surface area contributed by atoms with Crippen LogP contribution >= 0.6 is 11.6 Å². The lowest BCUT2D eigenvalue weighted by atomic mass is 8.98. The van der Waals surface area contributed by atoms with Crippen LogP contribution in [0, 0.1) is 35.5 Å². The summed E-state index contributed by atoms with van der Waals surface area (Å²) in [6, 6.07) is 0. The van der Waals surface area contributed by atoms with E-state index in [1.54, 1.807) is 0 Å². The second-order valence-corrected chi connectivity index (χ2v) is 5.64. The number of halogens is 1. The Morgan fingerprint density at radius 1 is 0.900 bits per heavy atom. The standard InChI is InChI=1S/C8H8ClN/c9-7-1-4-2(7)6-3(7)5(1)8(4,6)10/h1-6H,10H2. The van der Waals surface area contributed by atoms with Crippen molar-refractivity contribution in [2.45, 2.75) is 10.4 Å². The molecule has 6 aliphatic rings. The van der Waals surface area contributed by atoms with Gasteiger partial charge in [0.1, 0.15) is 0 Å². The molecule has 0 spiro atoms. The molecule has 6 saturated carbocycles. The Morgan fingerprint density at radius 3 is 1.60 bits per heavy atom. The minimum atomic E-state index is 0.334. The van der Waals surface area contributed by atoms with Crippen molar-refractivity contribution < 1.29 is 0 Å². The van der Waals surface area contributed by atoms with Crippen molar-refractivity contribution in [1.82, 2.24) is 0 Å². The van der Waals surface area contributed by atoms with Crippen LogP contribution in [-0.2, 0) is 0 Å². The first-order valence-electron chi connectivity index (χ1n) is 4.21. The van der Waals surface area contributed by atoms with E-state index in [4.69, 9.17) is 17.3 Å². The second-order valence-electron chi connectivity index (χ2n) is 4.98. The summed E-state index contributed by atoms with van der Waals surface area (Å²) in [5.41, 5.74) is 6.54. The lowest BCUT2D eigenvalue weighted by Gasteiger charge is -3.09. The molecule has 0 heterocycles. The minimum Gasteiger partial charge on any atom is -0.324 e. The van der Waals surface area contributed by atoms with Gasteiger partial charge >= 0.3 is 0 Å². The van der Waals surface area contributed by atoms with Crippen LogP contribution in [0.15, 0.2) is 0 Å². The lowest BCUT2D eigenvalue weighted by molar-refractivity contribution is -0.555. The van der Waals surface area contributed by atoms with Gasteiger partial charge in [-0.3, -0.25) is 0 Å². The summed E-state index contributed by atoms with van der Waals surface area (Å²) in [4.78, 5) is 0.334. The van der Waals surface area contributed by atoms with E-state index >= 15 is 0 Å². The highest BCUT2D eigenvalue weighted by molar-refractivity contribution is 6.28. The summed E-state index contributed by atoms with van der Waals surface area (Å²) in [7, 11) is 0. The zero-order valence-electron chi connectivity index (χ0n) is 5.42. The summed E-state index contributed by atoms with van der Waals surface area (Å²) in [6.07, 6.45) is 0. The maximum atomic E-state index is 6.39. The monoisotopic (exact) mass is 153 g/mol. The topological polar surface area (TPSA) is 26.0 Å². The van der Waals surface area contributed by atoms with Crippen LogP contribution in [-0.4, -0.2) is 10.4 Å². The highest BCUT2D eigenvalue weighted by Gasteiger charge is 3.09. The van der Waals surface area contributed by atoms with Gasteiger partial charge in [0, 0.05) is 5.54 Å². The predicted molar refractivity (Wildman–Crippen MR) is 36.4 cm³/mol. The van der Waals surface area contributed by atoms with E-state index in [0.29, 0.717) is 10.4 Å². The van der Waals surface area contributed by atoms with E-state index in [2.05, 4.69) is 0 Å². The molecule has 0 bridgehead atoms. The molecule has 0 radical (unpaired) electrons. The molecule has 0 aromatic heterocycles. The van der Waals surface area contributed by atoms with Crippen LogP contribution in [0.25, 0.3) is 0 Å². The third-order valence-electron chi connectivity index (χ3n) is 5.59. The second kappa shape index (κ2) is 0.688. The van der Waals surface area contributed by atoms with Gasteiger partial charge < -0.3 is 5.73 Å². The largest absolute Gasteiger partial charge is 0.324 e. The van der Waals surface area contributed by atoms with E-state index in [9.17, 15) is 0 Å². The van der Waals surface area contributed by atoms with Crippen molar-refractivity contribution in [3.05, 3.63) is 0 Å². The summed E-state index contributed by atoms with van der Waals surface area (Å²) in [5.74, 6) is 5.34. The molecule has 2 heteroatoms. The quantitative estimate of drug-likeness (QED) is 0.502. The zero-order chi connectivity index (χ0) is 6.46. The Bertz CT molecular complexity index is 214. The fraction of sp³-hybridized carbons (Fsp3) is 1.00. The summed E-state index contributed by atoms with van der Waals surface area (Å²) in [5, 5.41) is 0. The fourth-order valence-electron chi connectivity index (χ4n) is 5.48. The molecule has 52 valence electrons. The highest BCUT2D eigenvalue weighted by atomic mass is 35.5. The molecule has 0 atom stereocenters. The molecule has 1 nitrogen and oxygen atoms in total. The Kier molecular flexibility index (Phi) is 0.297. The highest BCUT2D eigenvalue weighted by Crippen LogP contribution is 3.04. The van der Waals surface area contributed by atoms with Crippen molar-refractivity contribution in [2.75, 3.05) is 0 Å². The molecule has 10 heavy (non-hydrogen) atoms. The van der Waals surface area contributed by atoms with Crippen LogP contribution in [0.5, 0.6) is 0 Å². The van der Waals surface area contributed by atoms with Gasteiger partial charge in [0.25, 0.3) is 0 Å². The predicted octanol–water partition coefficient (Wildman–Crippen LogP) is 0.427. The lowest BCUT2D eigenvalue weighted by Crippen LogP contribution is -3.16. The van der Waals surface area contributed by atoms with Crippen molar-refractivity contribution in [3.8, 4) is 0 Å². The van der Waals surface area contributed by atoms with E-state index in [-0.39, 0.29) is 0 Å². The van der Waals surface area contributed by atoms with Gasteiger partial charge in [-0.2, -0.15) is 0 Å². The molecular weight excluding hydrogens is 146 g/mol. The fourth-order valence-corrected chi connectivity index (χ4v) is 6.29. The maximum Gasteiger partial charge on any atom is 0.0551 e. The normalized spacial score (nSPS) is 104. The molecule has 2 N–H and O–H groups in total. The molecule has 6 rings (SSSR count). The van der Waals surface area contributed by atoms with Crippen molar-refractivity contribution in [1.29, 1.82) is 0 Å². The van der Waals surface area contributed by atoms with Crippen LogP contribution in [0.1, 0.15) is 0 Å². The van der Waals surface area contributed by atoms with Crippen LogP contribution < -0.4 is 5.73 Å². The summed E-state index contributed by atoms with van der Waals surface area (Å²) < 4.78 is 0. The average molecular weight is 154 g/mol. The number of hydrogen-bond donors (Lipinski definition) is 1. The van der Waals surface area contributed by atoms with Gasteiger partial charge in [-0.1, -0.05) is 0 Å². The molecule has 6 aliphatic carbocycles. The third-order valence-corrected chi connectivity index (χ3v) is 6.34. The first kappa shape index (κ1) is 4.32. The molecule has 0 unspecified atom stereocenters. The third kappa shape index (κ3) is 0.119. The van der Waals surface area contributed by atoms with Gasteiger partial charge in [-0.25, -0.2) is 0 Å². The van der Waals surface area contributed by atoms with Crippen molar-refractivity contribution in [3.63, 3.8) is 0 Å². The number of rotatable bonds is 0. The van der Waals surface area contributed by atoms with E-state index in [1.807, 2.05) is 0 Å². The molecular formula is C8H8ClN. The van der Waals surface area contributed by atoms with Crippen LogP contribution in [0.3, 0.4) is 0 Å². The average Bonchev–Trinajstić information content (AvgIpc) is 1.99.